The van der Waals surface area contributed by atoms with Gasteiger partial charge in [0.15, 0.2) is 5.79 Å². The molecule has 2 saturated heterocycles. The van der Waals surface area contributed by atoms with Crippen molar-refractivity contribution in [2.45, 2.75) is 44.6 Å². The van der Waals surface area contributed by atoms with Gasteiger partial charge in [0, 0.05) is 19.5 Å². The Morgan fingerprint density at radius 3 is 2.56 bits per heavy atom. The van der Waals surface area contributed by atoms with Crippen molar-refractivity contribution in [3.63, 3.8) is 0 Å². The normalized spacial score (nSPS) is 32.5. The molecule has 104 valence electrons. The Balaban J connectivity index is 1.75. The first-order chi connectivity index (χ1) is 8.39. The molecule has 0 aromatic heterocycles. The number of carbonyl (C=O) groups excluding carboxylic acids is 1. The van der Waals surface area contributed by atoms with Crippen molar-refractivity contribution in [3.8, 4) is 0 Å². The molecule has 0 radical (unpaired) electrons. The fraction of sp³-hybridized carbons (Fsp3) is 0.917. The molecular weight excluding hydrogens is 236 g/mol. The summed E-state index contributed by atoms with van der Waals surface area (Å²) in [5, 5.41) is 5.96. The summed E-state index contributed by atoms with van der Waals surface area (Å²) < 4.78 is 16.6. The van der Waals surface area contributed by atoms with E-state index in [0.29, 0.717) is 19.8 Å². The molecule has 0 aromatic carbocycles. The molecule has 0 atom stereocenters. The first kappa shape index (κ1) is 13.6. The molecule has 2 aliphatic heterocycles. The lowest BCUT2D eigenvalue weighted by atomic mass is 10.2. The quantitative estimate of drug-likeness (QED) is 0.721. The smallest absolute Gasteiger partial charge is 0.408 e. The van der Waals surface area contributed by atoms with E-state index >= 15 is 0 Å². The number of ether oxygens (including phenoxy) is 3. The molecule has 6 nitrogen and oxygen atoms in total. The molecule has 0 unspecified atom stereocenters. The summed E-state index contributed by atoms with van der Waals surface area (Å²) >= 11 is 0. The van der Waals surface area contributed by atoms with Crippen molar-refractivity contribution < 1.29 is 19.0 Å². The lowest BCUT2D eigenvalue weighted by molar-refractivity contribution is -0.261. The van der Waals surface area contributed by atoms with E-state index in [-0.39, 0.29) is 6.04 Å². The molecule has 6 heteroatoms. The van der Waals surface area contributed by atoms with Gasteiger partial charge in [-0.15, -0.1) is 0 Å². The van der Waals surface area contributed by atoms with Crippen molar-refractivity contribution in [2.24, 2.45) is 0 Å². The molecule has 18 heavy (non-hydrogen) atoms. The fourth-order valence-corrected chi connectivity index (χ4v) is 2.04. The van der Waals surface area contributed by atoms with Crippen LogP contribution in [0.3, 0.4) is 0 Å². The largest absolute Gasteiger partial charge is 0.444 e. The maximum absolute atomic E-state index is 11.6. The Morgan fingerprint density at radius 2 is 2.06 bits per heavy atom. The maximum Gasteiger partial charge on any atom is 0.408 e. The Kier molecular flexibility index (Phi) is 3.79. The van der Waals surface area contributed by atoms with Gasteiger partial charge in [-0.1, -0.05) is 0 Å². The third kappa shape index (κ3) is 3.57. The van der Waals surface area contributed by atoms with E-state index < -0.39 is 17.5 Å². The lowest BCUT2D eigenvalue weighted by Gasteiger charge is -2.37. The summed E-state index contributed by atoms with van der Waals surface area (Å²) in [5.41, 5.74) is -0.489. The summed E-state index contributed by atoms with van der Waals surface area (Å²) in [6.07, 6.45) is 0.423. The highest BCUT2D eigenvalue weighted by atomic mass is 16.7. The summed E-state index contributed by atoms with van der Waals surface area (Å²) in [7, 11) is 0. The van der Waals surface area contributed by atoms with Crippen LogP contribution in [0, 0.1) is 0 Å². The minimum atomic E-state index is -0.489. The van der Waals surface area contributed by atoms with Gasteiger partial charge in [-0.3, -0.25) is 0 Å². The molecule has 0 saturated carbocycles. The number of amides is 1. The Labute approximate surface area is 107 Å². The topological polar surface area (TPSA) is 68.8 Å². The number of hydrogen-bond acceptors (Lipinski definition) is 5. The van der Waals surface area contributed by atoms with Crippen LogP contribution in [0.4, 0.5) is 4.79 Å². The van der Waals surface area contributed by atoms with E-state index in [0.717, 1.165) is 13.0 Å². The monoisotopic (exact) mass is 258 g/mol. The van der Waals surface area contributed by atoms with Gasteiger partial charge in [-0.2, -0.15) is 0 Å². The maximum atomic E-state index is 11.6. The van der Waals surface area contributed by atoms with Crippen molar-refractivity contribution in [2.75, 3.05) is 26.3 Å². The van der Waals surface area contributed by atoms with E-state index in [1.54, 1.807) is 0 Å². The van der Waals surface area contributed by atoms with Crippen LogP contribution in [-0.2, 0) is 14.2 Å². The number of nitrogens with one attached hydrogen (secondary N) is 2. The number of hydrogen-bond donors (Lipinski definition) is 2. The van der Waals surface area contributed by atoms with Gasteiger partial charge in [0.1, 0.15) is 5.60 Å². The summed E-state index contributed by atoms with van der Waals surface area (Å²) in [6.45, 7) is 8.04. The Morgan fingerprint density at radius 1 is 1.39 bits per heavy atom. The third-order valence-corrected chi connectivity index (χ3v) is 2.89. The van der Waals surface area contributed by atoms with E-state index in [1.807, 2.05) is 20.8 Å². The average molecular weight is 258 g/mol. The van der Waals surface area contributed by atoms with Crippen LogP contribution in [0.2, 0.25) is 0 Å². The van der Waals surface area contributed by atoms with Crippen molar-refractivity contribution in [1.29, 1.82) is 0 Å². The Hall–Kier alpha value is -0.850. The molecule has 0 aliphatic carbocycles. The number of carbonyl (C=O) groups is 1. The molecule has 1 amide bonds. The zero-order valence-electron chi connectivity index (χ0n) is 11.2. The SMILES string of the molecule is CC(C)(C)OC(=O)NC1COC2(CCNC2)OC1. The van der Waals surface area contributed by atoms with Crippen LogP contribution in [0.1, 0.15) is 27.2 Å². The highest BCUT2D eigenvalue weighted by Gasteiger charge is 2.40. The summed E-state index contributed by atoms with van der Waals surface area (Å²) in [6, 6.07) is -0.147. The van der Waals surface area contributed by atoms with Crippen LogP contribution in [0.25, 0.3) is 0 Å². The second-order valence-corrected chi connectivity index (χ2v) is 5.80. The lowest BCUT2D eigenvalue weighted by Crippen LogP contribution is -2.54. The van der Waals surface area contributed by atoms with Gasteiger partial charge in [0.2, 0.25) is 0 Å². The third-order valence-electron chi connectivity index (χ3n) is 2.89. The molecular formula is C12H22N2O4. The van der Waals surface area contributed by atoms with E-state index in [9.17, 15) is 4.79 Å². The molecule has 0 bridgehead atoms. The number of alkyl carbamates (subject to hydrolysis) is 1. The van der Waals surface area contributed by atoms with Gasteiger partial charge < -0.3 is 24.8 Å². The van der Waals surface area contributed by atoms with Crippen LogP contribution in [0.15, 0.2) is 0 Å². The van der Waals surface area contributed by atoms with Gasteiger partial charge in [-0.25, -0.2) is 4.79 Å². The van der Waals surface area contributed by atoms with Gasteiger partial charge >= 0.3 is 6.09 Å². The first-order valence-corrected chi connectivity index (χ1v) is 6.37. The van der Waals surface area contributed by atoms with E-state index in [2.05, 4.69) is 10.6 Å². The molecule has 2 aliphatic rings. The van der Waals surface area contributed by atoms with Crippen LogP contribution < -0.4 is 10.6 Å². The second kappa shape index (κ2) is 5.03. The molecule has 0 aromatic rings. The van der Waals surface area contributed by atoms with Gasteiger partial charge in [-0.05, 0) is 20.8 Å². The predicted octanol–water partition coefficient (Wildman–Crippen LogP) is 0.616. The fourth-order valence-electron chi connectivity index (χ4n) is 2.04. The molecule has 2 rings (SSSR count). The zero-order valence-corrected chi connectivity index (χ0v) is 11.2. The first-order valence-electron chi connectivity index (χ1n) is 6.37. The summed E-state index contributed by atoms with van der Waals surface area (Å²) in [4.78, 5) is 11.6. The van der Waals surface area contributed by atoms with Crippen LogP contribution >= 0.6 is 0 Å². The van der Waals surface area contributed by atoms with Crippen LogP contribution in [-0.4, -0.2) is 49.8 Å². The average Bonchev–Trinajstić information content (AvgIpc) is 2.68. The van der Waals surface area contributed by atoms with Gasteiger partial charge in [0.25, 0.3) is 0 Å². The number of rotatable bonds is 1. The predicted molar refractivity (Wildman–Crippen MR) is 65.3 cm³/mol. The van der Waals surface area contributed by atoms with Crippen LogP contribution in [0.5, 0.6) is 0 Å². The molecule has 2 heterocycles. The van der Waals surface area contributed by atoms with Crippen molar-refractivity contribution in [1.82, 2.24) is 10.6 Å². The Bertz CT molecular complexity index is 298. The minimum Gasteiger partial charge on any atom is -0.444 e. The summed E-state index contributed by atoms with van der Waals surface area (Å²) in [5.74, 6) is -0.480. The highest BCUT2D eigenvalue weighted by Crippen LogP contribution is 2.25. The molecule has 1 spiro atoms. The zero-order chi connectivity index (χ0) is 13.2. The highest BCUT2D eigenvalue weighted by molar-refractivity contribution is 5.68. The van der Waals surface area contributed by atoms with Crippen molar-refractivity contribution >= 4 is 6.09 Å². The molecule has 2 fully saturated rings. The second-order valence-electron chi connectivity index (χ2n) is 5.80. The molecule has 2 N–H and O–H groups in total. The van der Waals surface area contributed by atoms with Crippen molar-refractivity contribution in [3.05, 3.63) is 0 Å². The van der Waals surface area contributed by atoms with Gasteiger partial charge in [0.05, 0.1) is 19.3 Å². The minimum absolute atomic E-state index is 0.147. The standard InChI is InChI=1S/C12H22N2O4/c1-11(2,3)18-10(15)14-9-6-16-12(17-7-9)4-5-13-8-12/h9,13H,4-8H2,1-3H3,(H,14,15). The van der Waals surface area contributed by atoms with E-state index in [4.69, 9.17) is 14.2 Å². The van der Waals surface area contributed by atoms with E-state index in [1.165, 1.54) is 0 Å².